The molecule has 0 radical (unpaired) electrons. The Bertz CT molecular complexity index is 809. The molecule has 3 N–H and O–H groups in total. The standard InChI is InChI=1S/C26H39FN4O3/c27-21-10-8-20(9-11-21)26(33)31-17-22(15-24(31)25(32)29-13-12-28)30(18-23-7-4-14-34-23)16-19-5-2-1-3-6-19/h8-11,19,22-24H,1-7,12-18,28H2,(H,29,32). The lowest BCUT2D eigenvalue weighted by Gasteiger charge is -2.35. The van der Waals surface area contributed by atoms with Gasteiger partial charge in [0.05, 0.1) is 6.10 Å². The Morgan fingerprint density at radius 1 is 1.09 bits per heavy atom. The number of nitrogens with one attached hydrogen (secondary N) is 1. The quantitative estimate of drug-likeness (QED) is 0.574. The highest BCUT2D eigenvalue weighted by Crippen LogP contribution is 2.30. The average Bonchev–Trinajstić information content (AvgIpc) is 3.53. The van der Waals surface area contributed by atoms with Crippen LogP contribution in [0.5, 0.6) is 0 Å². The minimum Gasteiger partial charge on any atom is -0.377 e. The molecule has 8 heteroatoms. The van der Waals surface area contributed by atoms with Gasteiger partial charge < -0.3 is 20.7 Å². The van der Waals surface area contributed by atoms with Crippen molar-refractivity contribution < 1.29 is 18.7 Å². The van der Waals surface area contributed by atoms with E-state index in [1.807, 2.05) is 0 Å². The zero-order valence-electron chi connectivity index (χ0n) is 20.1. The van der Waals surface area contributed by atoms with Crippen LogP contribution in [0.15, 0.2) is 24.3 Å². The SMILES string of the molecule is NCCNC(=O)C1CC(N(CC2CCCCC2)CC2CCCO2)CN1C(=O)c1ccc(F)cc1. The zero-order valence-corrected chi connectivity index (χ0v) is 20.1. The minimum atomic E-state index is -0.563. The predicted octanol–water partition coefficient (Wildman–Crippen LogP) is 2.54. The van der Waals surface area contributed by atoms with E-state index in [9.17, 15) is 14.0 Å². The largest absolute Gasteiger partial charge is 0.377 e. The van der Waals surface area contributed by atoms with E-state index in [1.54, 1.807) is 4.90 Å². The average molecular weight is 475 g/mol. The number of benzene rings is 1. The Hall–Kier alpha value is -2.03. The summed E-state index contributed by atoms with van der Waals surface area (Å²) in [6.07, 6.45) is 9.32. The van der Waals surface area contributed by atoms with E-state index in [-0.39, 0.29) is 29.8 Å². The van der Waals surface area contributed by atoms with Crippen LogP contribution in [-0.2, 0) is 9.53 Å². The minimum absolute atomic E-state index is 0.0872. The molecule has 0 spiro atoms. The van der Waals surface area contributed by atoms with Gasteiger partial charge in [-0.25, -0.2) is 4.39 Å². The van der Waals surface area contributed by atoms with E-state index in [0.717, 1.165) is 32.5 Å². The van der Waals surface area contributed by atoms with Crippen LogP contribution in [0.2, 0.25) is 0 Å². The number of likely N-dealkylation sites (tertiary alicyclic amines) is 1. The molecule has 0 aromatic heterocycles. The fourth-order valence-electron chi connectivity index (χ4n) is 5.75. The number of carbonyl (C=O) groups excluding carboxylic acids is 2. The maximum absolute atomic E-state index is 13.4. The second kappa shape index (κ2) is 12.1. The van der Waals surface area contributed by atoms with Crippen molar-refractivity contribution in [1.82, 2.24) is 15.1 Å². The molecule has 1 saturated carbocycles. The summed E-state index contributed by atoms with van der Waals surface area (Å²) in [6.45, 7) is 3.85. The van der Waals surface area contributed by atoms with Gasteiger partial charge in [0, 0.05) is 50.9 Å². The van der Waals surface area contributed by atoms with Crippen LogP contribution in [-0.4, -0.2) is 79.1 Å². The topological polar surface area (TPSA) is 87.9 Å². The highest BCUT2D eigenvalue weighted by Gasteiger charge is 2.43. The maximum atomic E-state index is 13.4. The number of hydrogen-bond donors (Lipinski definition) is 2. The number of nitrogens with zero attached hydrogens (tertiary/aromatic N) is 2. The van der Waals surface area contributed by atoms with Crippen LogP contribution in [0.3, 0.4) is 0 Å². The summed E-state index contributed by atoms with van der Waals surface area (Å²) >= 11 is 0. The Balaban J connectivity index is 1.53. The third-order valence-corrected chi connectivity index (χ3v) is 7.57. The molecule has 0 bridgehead atoms. The van der Waals surface area contributed by atoms with E-state index >= 15 is 0 Å². The van der Waals surface area contributed by atoms with Crippen molar-refractivity contribution in [2.24, 2.45) is 11.7 Å². The van der Waals surface area contributed by atoms with Gasteiger partial charge in [-0.15, -0.1) is 0 Å². The third kappa shape index (κ3) is 6.34. The van der Waals surface area contributed by atoms with E-state index in [1.165, 1.54) is 56.4 Å². The summed E-state index contributed by atoms with van der Waals surface area (Å²) in [4.78, 5) is 30.6. The molecule has 4 rings (SSSR count). The number of hydrogen-bond acceptors (Lipinski definition) is 5. The van der Waals surface area contributed by atoms with Crippen molar-refractivity contribution in [3.8, 4) is 0 Å². The maximum Gasteiger partial charge on any atom is 0.254 e. The van der Waals surface area contributed by atoms with Crippen molar-refractivity contribution in [2.75, 3.05) is 39.3 Å². The van der Waals surface area contributed by atoms with Gasteiger partial charge >= 0.3 is 0 Å². The smallest absolute Gasteiger partial charge is 0.254 e. The number of ether oxygens (including phenoxy) is 1. The van der Waals surface area contributed by atoms with Crippen LogP contribution >= 0.6 is 0 Å². The molecule has 1 aromatic rings. The normalized spacial score (nSPS) is 25.7. The fourth-order valence-corrected chi connectivity index (χ4v) is 5.75. The first-order valence-electron chi connectivity index (χ1n) is 12.9. The number of amides is 2. The van der Waals surface area contributed by atoms with Gasteiger partial charge in [0.2, 0.25) is 5.91 Å². The Kier molecular flexibility index (Phi) is 8.92. The second-order valence-corrected chi connectivity index (χ2v) is 10.0. The van der Waals surface area contributed by atoms with Crippen molar-refractivity contribution in [3.05, 3.63) is 35.6 Å². The molecule has 1 aromatic carbocycles. The number of carbonyl (C=O) groups is 2. The molecule has 1 aliphatic carbocycles. The van der Waals surface area contributed by atoms with Crippen molar-refractivity contribution in [3.63, 3.8) is 0 Å². The predicted molar refractivity (Wildman–Crippen MR) is 129 cm³/mol. The lowest BCUT2D eigenvalue weighted by molar-refractivity contribution is -0.124. The highest BCUT2D eigenvalue weighted by atomic mass is 19.1. The van der Waals surface area contributed by atoms with Crippen LogP contribution in [0, 0.1) is 11.7 Å². The Morgan fingerprint density at radius 2 is 1.85 bits per heavy atom. The molecule has 2 aliphatic heterocycles. The first kappa shape index (κ1) is 25.1. The monoisotopic (exact) mass is 474 g/mol. The third-order valence-electron chi connectivity index (χ3n) is 7.57. The van der Waals surface area contributed by atoms with Crippen molar-refractivity contribution >= 4 is 11.8 Å². The van der Waals surface area contributed by atoms with Crippen LogP contribution in [0.25, 0.3) is 0 Å². The molecule has 2 saturated heterocycles. The van der Waals surface area contributed by atoms with Crippen LogP contribution < -0.4 is 11.1 Å². The lowest BCUT2D eigenvalue weighted by Crippen LogP contribution is -2.47. The number of rotatable bonds is 9. The molecule has 188 valence electrons. The molecule has 3 atom stereocenters. The highest BCUT2D eigenvalue weighted by molar-refractivity contribution is 5.98. The number of nitrogens with two attached hydrogens (primary N) is 1. The van der Waals surface area contributed by atoms with Gasteiger partial charge in [0.25, 0.3) is 5.91 Å². The summed E-state index contributed by atoms with van der Waals surface area (Å²) in [5.41, 5.74) is 5.99. The molecule has 2 heterocycles. The summed E-state index contributed by atoms with van der Waals surface area (Å²) in [5.74, 6) is -0.131. The molecular weight excluding hydrogens is 435 g/mol. The molecule has 34 heavy (non-hydrogen) atoms. The fraction of sp³-hybridized carbons (Fsp3) is 0.692. The van der Waals surface area contributed by atoms with Gasteiger partial charge in [-0.1, -0.05) is 19.3 Å². The molecule has 7 nitrogen and oxygen atoms in total. The van der Waals surface area contributed by atoms with Gasteiger partial charge in [-0.05, 0) is 62.3 Å². The molecule has 3 fully saturated rings. The van der Waals surface area contributed by atoms with E-state index in [2.05, 4.69) is 10.2 Å². The van der Waals surface area contributed by atoms with E-state index < -0.39 is 6.04 Å². The van der Waals surface area contributed by atoms with Gasteiger partial charge in [0.15, 0.2) is 0 Å². The van der Waals surface area contributed by atoms with E-state index in [0.29, 0.717) is 37.5 Å². The number of halogens is 1. The zero-order chi connectivity index (χ0) is 23.9. The molecular formula is C26H39FN4O3. The first-order valence-corrected chi connectivity index (χ1v) is 12.9. The lowest BCUT2D eigenvalue weighted by atomic mass is 9.88. The van der Waals surface area contributed by atoms with Crippen molar-refractivity contribution in [1.29, 1.82) is 0 Å². The van der Waals surface area contributed by atoms with Crippen LogP contribution in [0.4, 0.5) is 4.39 Å². The Morgan fingerprint density at radius 3 is 2.53 bits per heavy atom. The summed E-state index contributed by atoms with van der Waals surface area (Å²) in [7, 11) is 0. The van der Waals surface area contributed by atoms with E-state index in [4.69, 9.17) is 10.5 Å². The molecule has 2 amide bonds. The molecule has 3 aliphatic rings. The summed E-state index contributed by atoms with van der Waals surface area (Å²) < 4.78 is 19.4. The van der Waals surface area contributed by atoms with Crippen LogP contribution in [0.1, 0.15) is 61.7 Å². The second-order valence-electron chi connectivity index (χ2n) is 10.0. The van der Waals surface area contributed by atoms with Crippen molar-refractivity contribution in [2.45, 2.75) is 69.6 Å². The van der Waals surface area contributed by atoms with Gasteiger partial charge in [-0.2, -0.15) is 0 Å². The first-order chi connectivity index (χ1) is 16.5. The summed E-state index contributed by atoms with van der Waals surface area (Å²) in [5, 5.41) is 2.87. The summed E-state index contributed by atoms with van der Waals surface area (Å²) in [6, 6.07) is 5.09. The van der Waals surface area contributed by atoms with Gasteiger partial charge in [-0.3, -0.25) is 14.5 Å². The Labute approximate surface area is 202 Å². The molecule has 3 unspecified atom stereocenters. The van der Waals surface area contributed by atoms with Gasteiger partial charge in [0.1, 0.15) is 11.9 Å².